The van der Waals surface area contributed by atoms with Crippen molar-refractivity contribution >= 4 is 0 Å². The van der Waals surface area contributed by atoms with Gasteiger partial charge in [-0.15, -0.1) is 10.2 Å². The number of hydrogen-bond acceptors (Lipinski definition) is 7. The van der Waals surface area contributed by atoms with Crippen LogP contribution in [0.3, 0.4) is 0 Å². The Labute approximate surface area is 148 Å². The average Bonchev–Trinajstić information content (AvgIpc) is 3.08. The molecular weight excluding hydrogens is 320 g/mol. The summed E-state index contributed by atoms with van der Waals surface area (Å²) in [6.45, 7) is 8.69. The highest BCUT2D eigenvalue weighted by atomic mass is 16.5. The minimum absolute atomic E-state index is 0.148. The standard InChI is InChI=1S/C18H26N4O3/c1-13(18-20-19-14(2)25-18)22-9-7-21(8-10-22)12-15-11-16(23-3)5-6-17(15)24-4/h5-6,11,13H,7-10,12H2,1-4H3. The van der Waals surface area contributed by atoms with Gasteiger partial charge in [-0.3, -0.25) is 9.80 Å². The second kappa shape index (κ2) is 7.84. The SMILES string of the molecule is COc1ccc(OC)c(CN2CCN(C(C)c3nnc(C)o3)CC2)c1. The van der Waals surface area contributed by atoms with Crippen LogP contribution in [0.2, 0.25) is 0 Å². The van der Waals surface area contributed by atoms with Crippen LogP contribution >= 0.6 is 0 Å². The van der Waals surface area contributed by atoms with Crippen molar-refractivity contribution in [3.8, 4) is 11.5 Å². The van der Waals surface area contributed by atoms with Gasteiger partial charge in [-0.2, -0.15) is 0 Å². The van der Waals surface area contributed by atoms with Gasteiger partial charge in [0.2, 0.25) is 11.8 Å². The molecular formula is C18H26N4O3. The van der Waals surface area contributed by atoms with Gasteiger partial charge in [0, 0.05) is 45.2 Å². The molecule has 2 heterocycles. The van der Waals surface area contributed by atoms with Gasteiger partial charge in [-0.05, 0) is 25.1 Å². The first-order valence-corrected chi connectivity index (χ1v) is 8.58. The molecule has 25 heavy (non-hydrogen) atoms. The number of ether oxygens (including phenoxy) is 2. The Morgan fingerprint density at radius 3 is 2.48 bits per heavy atom. The molecule has 7 heteroatoms. The van der Waals surface area contributed by atoms with Gasteiger partial charge in [0.05, 0.1) is 20.3 Å². The maximum absolute atomic E-state index is 5.57. The molecule has 1 aromatic heterocycles. The molecule has 1 aliphatic rings. The smallest absolute Gasteiger partial charge is 0.233 e. The molecule has 1 fully saturated rings. The second-order valence-electron chi connectivity index (χ2n) is 6.33. The fourth-order valence-electron chi connectivity index (χ4n) is 3.19. The molecule has 0 amide bonds. The molecule has 0 bridgehead atoms. The fourth-order valence-corrected chi connectivity index (χ4v) is 3.19. The number of hydrogen-bond donors (Lipinski definition) is 0. The first kappa shape index (κ1) is 17.7. The van der Waals surface area contributed by atoms with Crippen LogP contribution in [0.25, 0.3) is 0 Å². The molecule has 0 N–H and O–H groups in total. The summed E-state index contributed by atoms with van der Waals surface area (Å²) in [7, 11) is 3.39. The third kappa shape index (κ3) is 4.11. The molecule has 2 aromatic rings. The van der Waals surface area contributed by atoms with Gasteiger partial charge >= 0.3 is 0 Å². The zero-order chi connectivity index (χ0) is 17.8. The quantitative estimate of drug-likeness (QED) is 0.795. The van der Waals surface area contributed by atoms with Crippen molar-refractivity contribution in [3.63, 3.8) is 0 Å². The summed E-state index contributed by atoms with van der Waals surface area (Å²) in [5.74, 6) is 3.07. The van der Waals surface area contributed by atoms with Gasteiger partial charge in [-0.1, -0.05) is 0 Å². The largest absolute Gasteiger partial charge is 0.497 e. The van der Waals surface area contributed by atoms with E-state index in [0.717, 1.165) is 49.8 Å². The van der Waals surface area contributed by atoms with Crippen LogP contribution in [-0.2, 0) is 6.54 Å². The summed E-state index contributed by atoms with van der Waals surface area (Å²) < 4.78 is 16.4. The van der Waals surface area contributed by atoms with Gasteiger partial charge in [0.15, 0.2) is 0 Å². The summed E-state index contributed by atoms with van der Waals surface area (Å²) in [6.07, 6.45) is 0. The van der Waals surface area contributed by atoms with Crippen LogP contribution in [0.4, 0.5) is 0 Å². The summed E-state index contributed by atoms with van der Waals surface area (Å²) in [5.41, 5.74) is 1.15. The number of aryl methyl sites for hydroxylation is 1. The number of piperazine rings is 1. The Morgan fingerprint density at radius 2 is 1.88 bits per heavy atom. The van der Waals surface area contributed by atoms with Gasteiger partial charge < -0.3 is 13.9 Å². The predicted octanol–water partition coefficient (Wildman–Crippen LogP) is 2.27. The van der Waals surface area contributed by atoms with Crippen LogP contribution in [0, 0.1) is 6.92 Å². The minimum Gasteiger partial charge on any atom is -0.497 e. The predicted molar refractivity (Wildman–Crippen MR) is 93.8 cm³/mol. The van der Waals surface area contributed by atoms with E-state index in [9.17, 15) is 0 Å². The highest BCUT2D eigenvalue weighted by Gasteiger charge is 2.25. The van der Waals surface area contributed by atoms with Crippen molar-refractivity contribution in [2.75, 3.05) is 40.4 Å². The van der Waals surface area contributed by atoms with Crippen LogP contribution in [0.15, 0.2) is 22.6 Å². The molecule has 0 radical (unpaired) electrons. The number of methoxy groups -OCH3 is 2. The van der Waals surface area contributed by atoms with Crippen LogP contribution < -0.4 is 9.47 Å². The van der Waals surface area contributed by atoms with E-state index in [0.29, 0.717) is 11.8 Å². The van der Waals surface area contributed by atoms with Crippen molar-refractivity contribution in [2.45, 2.75) is 26.4 Å². The molecule has 136 valence electrons. The maximum Gasteiger partial charge on any atom is 0.233 e. The zero-order valence-electron chi connectivity index (χ0n) is 15.4. The third-order valence-corrected chi connectivity index (χ3v) is 4.74. The maximum atomic E-state index is 5.57. The first-order valence-electron chi connectivity index (χ1n) is 8.58. The van der Waals surface area contributed by atoms with Crippen LogP contribution in [-0.4, -0.2) is 60.4 Å². The van der Waals surface area contributed by atoms with Gasteiger partial charge in [-0.25, -0.2) is 0 Å². The van der Waals surface area contributed by atoms with E-state index in [4.69, 9.17) is 13.9 Å². The van der Waals surface area contributed by atoms with Crippen molar-refractivity contribution < 1.29 is 13.9 Å². The molecule has 0 saturated carbocycles. The summed E-state index contributed by atoms with van der Waals surface area (Å²) >= 11 is 0. The van der Waals surface area contributed by atoms with E-state index < -0.39 is 0 Å². The number of benzene rings is 1. The molecule has 0 spiro atoms. The van der Waals surface area contributed by atoms with Crippen molar-refractivity contribution in [1.29, 1.82) is 0 Å². The second-order valence-corrected chi connectivity index (χ2v) is 6.33. The van der Waals surface area contributed by atoms with Gasteiger partial charge in [0.1, 0.15) is 11.5 Å². The van der Waals surface area contributed by atoms with Crippen molar-refractivity contribution in [3.05, 3.63) is 35.5 Å². The lowest BCUT2D eigenvalue weighted by Crippen LogP contribution is -2.46. The summed E-state index contributed by atoms with van der Waals surface area (Å²) in [4.78, 5) is 4.81. The van der Waals surface area contributed by atoms with Crippen LogP contribution in [0.1, 0.15) is 30.3 Å². The highest BCUT2D eigenvalue weighted by Crippen LogP contribution is 2.26. The Balaban J connectivity index is 1.59. The number of aromatic nitrogens is 2. The molecule has 0 aliphatic carbocycles. The van der Waals surface area contributed by atoms with E-state index in [1.807, 2.05) is 19.1 Å². The topological polar surface area (TPSA) is 63.9 Å². The van der Waals surface area contributed by atoms with E-state index in [-0.39, 0.29) is 6.04 Å². The first-order chi connectivity index (χ1) is 12.1. The molecule has 1 unspecified atom stereocenters. The average molecular weight is 346 g/mol. The highest BCUT2D eigenvalue weighted by molar-refractivity contribution is 5.40. The molecule has 7 nitrogen and oxygen atoms in total. The third-order valence-electron chi connectivity index (χ3n) is 4.74. The van der Waals surface area contributed by atoms with Crippen molar-refractivity contribution in [2.24, 2.45) is 0 Å². The monoisotopic (exact) mass is 346 g/mol. The molecule has 3 rings (SSSR count). The molecule has 1 aromatic carbocycles. The molecule has 1 saturated heterocycles. The van der Waals surface area contributed by atoms with Gasteiger partial charge in [0.25, 0.3) is 0 Å². The minimum atomic E-state index is 0.148. The molecule has 1 aliphatic heterocycles. The summed E-state index contributed by atoms with van der Waals surface area (Å²) in [6, 6.07) is 6.09. The lowest BCUT2D eigenvalue weighted by atomic mass is 10.1. The molecule has 1 atom stereocenters. The Bertz CT molecular complexity index is 695. The van der Waals surface area contributed by atoms with Crippen LogP contribution in [0.5, 0.6) is 11.5 Å². The lowest BCUT2D eigenvalue weighted by Gasteiger charge is -2.37. The van der Waals surface area contributed by atoms with E-state index >= 15 is 0 Å². The van der Waals surface area contributed by atoms with E-state index in [1.165, 1.54) is 0 Å². The Morgan fingerprint density at radius 1 is 1.12 bits per heavy atom. The fraction of sp³-hybridized carbons (Fsp3) is 0.556. The Kier molecular flexibility index (Phi) is 5.55. The Hall–Kier alpha value is -2.12. The normalized spacial score (nSPS) is 17.4. The van der Waals surface area contributed by atoms with E-state index in [2.05, 4.69) is 33.0 Å². The lowest BCUT2D eigenvalue weighted by molar-refractivity contribution is 0.0865. The number of nitrogens with zero attached hydrogens (tertiary/aromatic N) is 4. The zero-order valence-corrected chi connectivity index (χ0v) is 15.4. The number of rotatable bonds is 6. The van der Waals surface area contributed by atoms with Crippen molar-refractivity contribution in [1.82, 2.24) is 20.0 Å². The van der Waals surface area contributed by atoms with E-state index in [1.54, 1.807) is 14.2 Å². The summed E-state index contributed by atoms with van der Waals surface area (Å²) in [5, 5.41) is 8.08.